The average Bonchev–Trinajstić information content (AvgIpc) is 3.46. The number of hydrogen-bond acceptors (Lipinski definition) is 1. The van der Waals surface area contributed by atoms with Crippen LogP contribution in [0.15, 0.2) is 0 Å². The van der Waals surface area contributed by atoms with Crippen molar-refractivity contribution in [3.63, 3.8) is 0 Å². The molecule has 0 aromatic heterocycles. The monoisotopic (exact) mass is 443 g/mol. The largest absolute Gasteiger partial charge is 0.308 e. The van der Waals surface area contributed by atoms with E-state index in [2.05, 4.69) is 5.32 Å². The Labute approximate surface area is 201 Å². The van der Waals surface area contributed by atoms with Crippen molar-refractivity contribution in [2.75, 3.05) is 0 Å². The number of fused-ring (bicyclic) bond motifs is 1. The van der Waals surface area contributed by atoms with E-state index in [1.165, 1.54) is 154 Å². The van der Waals surface area contributed by atoms with E-state index in [4.69, 9.17) is 0 Å². The van der Waals surface area contributed by atoms with E-state index in [1.54, 1.807) is 12.8 Å². The van der Waals surface area contributed by atoms with Gasteiger partial charge in [-0.15, -0.1) is 0 Å². The predicted octanol–water partition coefficient (Wildman–Crippen LogP) is 9.73. The zero-order valence-electron chi connectivity index (χ0n) is 21.7. The summed E-state index contributed by atoms with van der Waals surface area (Å²) < 4.78 is 0. The van der Waals surface area contributed by atoms with Crippen molar-refractivity contribution in [3.8, 4) is 0 Å². The molecule has 0 aromatic carbocycles. The van der Waals surface area contributed by atoms with Gasteiger partial charge >= 0.3 is 0 Å². The highest BCUT2D eigenvalue weighted by Crippen LogP contribution is 2.52. The van der Waals surface area contributed by atoms with E-state index in [9.17, 15) is 0 Å². The SMILES string of the molecule is C1CCCCCC(C2CCCCC2NC23CCCCCCCCCCC2C3)CCCCC1. The number of rotatable bonds is 3. The zero-order valence-corrected chi connectivity index (χ0v) is 21.7. The predicted molar refractivity (Wildman–Crippen MR) is 140 cm³/mol. The second kappa shape index (κ2) is 13.7. The summed E-state index contributed by atoms with van der Waals surface area (Å²) in [7, 11) is 0. The van der Waals surface area contributed by atoms with Crippen molar-refractivity contribution < 1.29 is 0 Å². The van der Waals surface area contributed by atoms with Crippen LogP contribution in [0.3, 0.4) is 0 Å². The second-order valence-electron chi connectivity index (χ2n) is 12.6. The Hall–Kier alpha value is -0.0400. The highest BCUT2D eigenvalue weighted by molar-refractivity contribution is 5.11. The lowest BCUT2D eigenvalue weighted by Crippen LogP contribution is -2.49. The van der Waals surface area contributed by atoms with Crippen LogP contribution in [0.25, 0.3) is 0 Å². The summed E-state index contributed by atoms with van der Waals surface area (Å²) in [6.45, 7) is 0. The zero-order chi connectivity index (χ0) is 21.9. The van der Waals surface area contributed by atoms with Crippen LogP contribution in [-0.4, -0.2) is 11.6 Å². The highest BCUT2D eigenvalue weighted by Gasteiger charge is 2.54. The first-order valence-electron chi connectivity index (χ1n) is 15.7. The Bertz CT molecular complexity index is 489. The van der Waals surface area contributed by atoms with Gasteiger partial charge in [-0.05, 0) is 49.9 Å². The average molecular weight is 444 g/mol. The van der Waals surface area contributed by atoms with Gasteiger partial charge in [0, 0.05) is 11.6 Å². The quantitative estimate of drug-likeness (QED) is 0.457. The van der Waals surface area contributed by atoms with Gasteiger partial charge in [0.05, 0.1) is 0 Å². The third kappa shape index (κ3) is 7.74. The molecule has 4 fully saturated rings. The maximum absolute atomic E-state index is 4.49. The third-order valence-corrected chi connectivity index (χ3v) is 10.2. The molecule has 0 bridgehead atoms. The fraction of sp³-hybridized carbons (Fsp3) is 1.00. The number of hydrogen-bond donors (Lipinski definition) is 1. The minimum Gasteiger partial charge on any atom is -0.308 e. The Kier molecular flexibility index (Phi) is 10.8. The van der Waals surface area contributed by atoms with Gasteiger partial charge < -0.3 is 5.32 Å². The van der Waals surface area contributed by atoms with Crippen LogP contribution in [0.5, 0.6) is 0 Å². The maximum Gasteiger partial charge on any atom is 0.0216 e. The molecule has 0 heterocycles. The summed E-state index contributed by atoms with van der Waals surface area (Å²) >= 11 is 0. The van der Waals surface area contributed by atoms with Gasteiger partial charge in [0.25, 0.3) is 0 Å². The molecule has 4 atom stereocenters. The third-order valence-electron chi connectivity index (χ3n) is 10.2. The van der Waals surface area contributed by atoms with Crippen LogP contribution in [0.1, 0.15) is 167 Å². The Morgan fingerprint density at radius 2 is 0.906 bits per heavy atom. The first-order valence-corrected chi connectivity index (χ1v) is 15.7. The molecule has 4 rings (SSSR count). The standard InChI is InChI=1S/C31H57N/c1-2-6-10-14-20-27(21-15-11-7-3-1)29-23-17-18-24-30(29)32-31-25-19-13-9-5-4-8-12-16-22-28(31)26-31/h27-30,32H,1-26H2. The van der Waals surface area contributed by atoms with Gasteiger partial charge in [0.2, 0.25) is 0 Å². The summed E-state index contributed by atoms with van der Waals surface area (Å²) in [6.07, 6.45) is 39.2. The van der Waals surface area contributed by atoms with E-state index in [-0.39, 0.29) is 0 Å². The number of nitrogens with one attached hydrogen (secondary N) is 1. The molecule has 0 aliphatic heterocycles. The molecular weight excluding hydrogens is 386 g/mol. The molecule has 4 aliphatic carbocycles. The van der Waals surface area contributed by atoms with Crippen LogP contribution in [-0.2, 0) is 0 Å². The molecule has 0 spiro atoms. The molecule has 32 heavy (non-hydrogen) atoms. The van der Waals surface area contributed by atoms with Crippen LogP contribution in [0.2, 0.25) is 0 Å². The Morgan fingerprint density at radius 1 is 0.438 bits per heavy atom. The molecule has 4 aliphatic rings. The summed E-state index contributed by atoms with van der Waals surface area (Å²) in [5, 5.41) is 4.49. The fourth-order valence-corrected chi connectivity index (χ4v) is 8.10. The molecule has 0 saturated heterocycles. The fourth-order valence-electron chi connectivity index (χ4n) is 8.10. The van der Waals surface area contributed by atoms with E-state index >= 15 is 0 Å². The van der Waals surface area contributed by atoms with Crippen LogP contribution in [0.4, 0.5) is 0 Å². The normalized spacial score (nSPS) is 37.7. The molecular formula is C31H57N. The molecule has 1 heteroatoms. The van der Waals surface area contributed by atoms with Crippen molar-refractivity contribution >= 4 is 0 Å². The molecule has 0 radical (unpaired) electrons. The lowest BCUT2D eigenvalue weighted by atomic mass is 9.72. The van der Waals surface area contributed by atoms with Gasteiger partial charge in [-0.2, -0.15) is 0 Å². The van der Waals surface area contributed by atoms with Gasteiger partial charge in [-0.25, -0.2) is 0 Å². The molecule has 1 nitrogen and oxygen atoms in total. The highest BCUT2D eigenvalue weighted by atomic mass is 15.1. The van der Waals surface area contributed by atoms with Crippen molar-refractivity contribution in [1.82, 2.24) is 5.32 Å². The molecule has 186 valence electrons. The van der Waals surface area contributed by atoms with Crippen LogP contribution < -0.4 is 5.32 Å². The van der Waals surface area contributed by atoms with Crippen molar-refractivity contribution in [1.29, 1.82) is 0 Å². The second-order valence-corrected chi connectivity index (χ2v) is 12.6. The van der Waals surface area contributed by atoms with E-state index < -0.39 is 0 Å². The molecule has 4 saturated carbocycles. The molecule has 4 unspecified atom stereocenters. The molecule has 0 amide bonds. The topological polar surface area (TPSA) is 12.0 Å². The van der Waals surface area contributed by atoms with Crippen molar-refractivity contribution in [3.05, 3.63) is 0 Å². The maximum atomic E-state index is 4.49. The summed E-state index contributed by atoms with van der Waals surface area (Å²) in [6, 6.07) is 0.847. The minimum absolute atomic E-state index is 0.560. The first-order chi connectivity index (χ1) is 15.9. The summed E-state index contributed by atoms with van der Waals surface area (Å²) in [4.78, 5) is 0. The van der Waals surface area contributed by atoms with E-state index in [1.807, 2.05) is 0 Å². The van der Waals surface area contributed by atoms with E-state index in [0.717, 1.165) is 23.8 Å². The van der Waals surface area contributed by atoms with Crippen LogP contribution >= 0.6 is 0 Å². The van der Waals surface area contributed by atoms with Gasteiger partial charge in [-0.1, -0.05) is 135 Å². The van der Waals surface area contributed by atoms with Gasteiger partial charge in [-0.3, -0.25) is 0 Å². The summed E-state index contributed by atoms with van der Waals surface area (Å²) in [5.41, 5.74) is 0.560. The lowest BCUT2D eigenvalue weighted by Gasteiger charge is -2.41. The molecule has 1 N–H and O–H groups in total. The Balaban J connectivity index is 1.36. The molecule has 0 aromatic rings. The van der Waals surface area contributed by atoms with E-state index in [0.29, 0.717) is 5.54 Å². The van der Waals surface area contributed by atoms with Gasteiger partial charge in [0.1, 0.15) is 0 Å². The Morgan fingerprint density at radius 3 is 1.53 bits per heavy atom. The van der Waals surface area contributed by atoms with Gasteiger partial charge in [0.15, 0.2) is 0 Å². The first kappa shape index (κ1) is 25.1. The lowest BCUT2D eigenvalue weighted by molar-refractivity contribution is 0.143. The smallest absolute Gasteiger partial charge is 0.0216 e. The van der Waals surface area contributed by atoms with Crippen molar-refractivity contribution in [2.24, 2.45) is 17.8 Å². The minimum atomic E-state index is 0.560. The van der Waals surface area contributed by atoms with Crippen LogP contribution in [0, 0.1) is 17.8 Å². The van der Waals surface area contributed by atoms with Crippen molar-refractivity contribution in [2.45, 2.75) is 179 Å². The summed E-state index contributed by atoms with van der Waals surface area (Å²) in [5.74, 6) is 3.02.